The van der Waals surface area contributed by atoms with Gasteiger partial charge in [-0.15, -0.1) is 0 Å². The number of benzene rings is 10. The summed E-state index contributed by atoms with van der Waals surface area (Å²) in [4.78, 5) is 65.9. The van der Waals surface area contributed by atoms with Gasteiger partial charge in [0.2, 0.25) is 5.82 Å². The van der Waals surface area contributed by atoms with Crippen molar-refractivity contribution in [2.45, 2.75) is 0 Å². The van der Waals surface area contributed by atoms with Crippen LogP contribution in [0.4, 0.5) is 0 Å². The molecule has 0 amide bonds. The topological polar surface area (TPSA) is 168 Å². The SMILES string of the molecule is c1ccc(-c2cc(-c3ccccc3)nc(-c3ncc4c5ccccc5c5cnc(-c6cccc(-c7ccc(-c8nc(-c9ccccc9)nc(-c9ncc%10c%11ccccc%11c%11cnc(-c%12ccccc%12)nc%11c%10n9)n8)cc7)c6)nc5c4n3)n2)cc1. The van der Waals surface area contributed by atoms with Crippen molar-refractivity contribution < 1.29 is 0 Å². The molecule has 13 heteroatoms. The molecule has 0 atom stereocenters. The molecule has 0 aliphatic rings. The van der Waals surface area contributed by atoms with Crippen LogP contribution in [0.3, 0.4) is 0 Å². The Kier molecular flexibility index (Phi) is 11.5. The minimum absolute atomic E-state index is 0.331. The summed E-state index contributed by atoms with van der Waals surface area (Å²) in [5.74, 6) is 3.61. The summed E-state index contributed by atoms with van der Waals surface area (Å²) in [5.41, 5.74) is 11.6. The largest absolute Gasteiger partial charge is 0.236 e. The first kappa shape index (κ1) is 48.1. The highest BCUT2D eigenvalue weighted by Crippen LogP contribution is 2.38. The minimum Gasteiger partial charge on any atom is -0.236 e. The molecule has 84 heavy (non-hydrogen) atoms. The van der Waals surface area contributed by atoms with Crippen molar-refractivity contribution in [1.29, 1.82) is 0 Å². The smallest absolute Gasteiger partial charge is 0.201 e. The zero-order valence-electron chi connectivity index (χ0n) is 44.5. The summed E-state index contributed by atoms with van der Waals surface area (Å²) in [6.45, 7) is 0. The molecule has 16 aromatic rings. The maximum atomic E-state index is 5.32. The van der Waals surface area contributed by atoms with Gasteiger partial charge in [0.25, 0.3) is 0 Å². The molecule has 6 aromatic heterocycles. The number of fused-ring (bicyclic) bond motifs is 12. The number of hydrogen-bond donors (Lipinski definition) is 0. The Morgan fingerprint density at radius 1 is 0.167 bits per heavy atom. The maximum Gasteiger partial charge on any atom is 0.201 e. The van der Waals surface area contributed by atoms with Gasteiger partial charge in [0.15, 0.2) is 40.8 Å². The molecule has 0 aliphatic heterocycles. The van der Waals surface area contributed by atoms with E-state index in [1.807, 2.05) is 201 Å². The lowest BCUT2D eigenvalue weighted by Crippen LogP contribution is -2.03. The molecule has 0 aliphatic carbocycles. The molecule has 0 radical (unpaired) electrons. The number of rotatable bonds is 9. The standard InChI is InChI=1S/C71H41N13/c1-5-18-43(19-6-1)58-37-59(44-20-7-2-8-21-44)77-70(76-58)68-74-40-56-53-31-16-14-29-51(53)55-39-73-65(79-61(55)63(56)80-68)49-27-17-26-48(36-49)42-32-34-47(35-33-42)67-82-66(46-24-11-4-12-25-46)83-71(84-67)69-75-41-57-52-30-15-13-28-50(52)54-38-72-64(45-22-9-3-10-23-45)78-60(54)62(57)81-69/h1-41H. The van der Waals surface area contributed by atoms with Crippen molar-refractivity contribution in [3.05, 3.63) is 249 Å². The quantitative estimate of drug-likeness (QED) is 0.125. The summed E-state index contributed by atoms with van der Waals surface area (Å²) >= 11 is 0. The van der Waals surface area contributed by atoms with Gasteiger partial charge in [-0.1, -0.05) is 212 Å². The zero-order valence-corrected chi connectivity index (χ0v) is 44.5. The van der Waals surface area contributed by atoms with Crippen LogP contribution < -0.4 is 0 Å². The maximum absolute atomic E-state index is 5.32. The van der Waals surface area contributed by atoms with Crippen LogP contribution in [0.1, 0.15) is 0 Å². The Bertz CT molecular complexity index is 5190. The van der Waals surface area contributed by atoms with Crippen LogP contribution >= 0.6 is 0 Å². The van der Waals surface area contributed by atoms with Gasteiger partial charge in [-0.2, -0.15) is 0 Å². The van der Waals surface area contributed by atoms with Crippen LogP contribution in [0.5, 0.6) is 0 Å². The van der Waals surface area contributed by atoms with Gasteiger partial charge < -0.3 is 0 Å². The van der Waals surface area contributed by atoms with E-state index in [1.54, 1.807) is 0 Å². The lowest BCUT2D eigenvalue weighted by atomic mass is 10.00. The number of nitrogens with zero attached hydrogens (tertiary/aromatic N) is 13. The van der Waals surface area contributed by atoms with Gasteiger partial charge in [0.1, 0.15) is 22.1 Å². The van der Waals surface area contributed by atoms with E-state index in [4.69, 9.17) is 64.8 Å². The van der Waals surface area contributed by atoms with E-state index in [9.17, 15) is 0 Å². The van der Waals surface area contributed by atoms with E-state index in [2.05, 4.69) is 48.5 Å². The first-order valence-corrected chi connectivity index (χ1v) is 27.4. The third-order valence-corrected chi connectivity index (χ3v) is 15.2. The monoisotopic (exact) mass is 1080 g/mol. The average Bonchev–Trinajstić information content (AvgIpc) is 2.26. The second-order valence-electron chi connectivity index (χ2n) is 20.3. The lowest BCUT2D eigenvalue weighted by molar-refractivity contribution is 1.04. The Balaban J connectivity index is 0.773. The molecular formula is C71H41N13. The Hall–Kier alpha value is -11.8. The fourth-order valence-electron chi connectivity index (χ4n) is 11.1. The van der Waals surface area contributed by atoms with Crippen molar-refractivity contribution in [2.75, 3.05) is 0 Å². The highest BCUT2D eigenvalue weighted by atomic mass is 15.1. The van der Waals surface area contributed by atoms with E-state index in [-0.39, 0.29) is 0 Å². The molecule has 0 saturated carbocycles. The Morgan fingerprint density at radius 2 is 0.476 bits per heavy atom. The number of aromatic nitrogens is 13. The van der Waals surface area contributed by atoms with Gasteiger partial charge in [-0.05, 0) is 44.8 Å². The zero-order chi connectivity index (χ0) is 55.5. The molecule has 10 aromatic carbocycles. The summed E-state index contributed by atoms with van der Waals surface area (Å²) in [6, 6.07) is 74.9. The second kappa shape index (κ2) is 20.1. The van der Waals surface area contributed by atoms with Crippen LogP contribution in [0.2, 0.25) is 0 Å². The fourth-order valence-corrected chi connectivity index (χ4v) is 11.1. The van der Waals surface area contributed by atoms with Crippen LogP contribution in [0.15, 0.2) is 249 Å². The molecule has 0 unspecified atom stereocenters. The van der Waals surface area contributed by atoms with E-state index < -0.39 is 0 Å². The minimum atomic E-state index is 0.331. The van der Waals surface area contributed by atoms with Gasteiger partial charge in [-0.3, -0.25) is 0 Å². The number of hydrogen-bond acceptors (Lipinski definition) is 13. The molecule has 13 nitrogen and oxygen atoms in total. The third-order valence-electron chi connectivity index (χ3n) is 15.2. The van der Waals surface area contributed by atoms with Gasteiger partial charge in [0, 0.05) is 79.7 Å². The van der Waals surface area contributed by atoms with E-state index in [1.165, 1.54) is 0 Å². The van der Waals surface area contributed by atoms with E-state index in [0.717, 1.165) is 99.0 Å². The molecule has 390 valence electrons. The van der Waals surface area contributed by atoms with Crippen LogP contribution in [-0.4, -0.2) is 64.8 Å². The highest BCUT2D eigenvalue weighted by Gasteiger charge is 2.21. The Morgan fingerprint density at radius 3 is 0.929 bits per heavy atom. The fraction of sp³-hybridized carbons (Fsp3) is 0. The molecule has 6 heterocycles. The van der Waals surface area contributed by atoms with E-state index >= 15 is 0 Å². The van der Waals surface area contributed by atoms with Crippen LogP contribution in [0.25, 0.3) is 168 Å². The van der Waals surface area contributed by atoms with Crippen LogP contribution in [0, 0.1) is 0 Å². The molecule has 0 bridgehead atoms. The third kappa shape index (κ3) is 8.55. The highest BCUT2D eigenvalue weighted by molar-refractivity contribution is 6.24. The normalized spacial score (nSPS) is 11.6. The van der Waals surface area contributed by atoms with Crippen molar-refractivity contribution in [2.24, 2.45) is 0 Å². The summed E-state index contributed by atoms with van der Waals surface area (Å²) in [5, 5.41) is 7.52. The predicted octanol–water partition coefficient (Wildman–Crippen LogP) is 15.7. The van der Waals surface area contributed by atoms with Crippen molar-refractivity contribution in [3.63, 3.8) is 0 Å². The summed E-state index contributed by atoms with van der Waals surface area (Å²) in [6.07, 6.45) is 7.50. The predicted molar refractivity (Wildman–Crippen MR) is 332 cm³/mol. The molecule has 0 fully saturated rings. The van der Waals surface area contributed by atoms with Crippen molar-refractivity contribution in [1.82, 2.24) is 64.8 Å². The molecule has 0 N–H and O–H groups in total. The van der Waals surface area contributed by atoms with Crippen molar-refractivity contribution in [3.8, 4) is 102 Å². The van der Waals surface area contributed by atoms with E-state index in [0.29, 0.717) is 68.7 Å². The average molecular weight is 1080 g/mol. The molecule has 0 saturated heterocycles. The van der Waals surface area contributed by atoms with Gasteiger partial charge in [0.05, 0.1) is 11.4 Å². The second-order valence-corrected chi connectivity index (χ2v) is 20.3. The van der Waals surface area contributed by atoms with Crippen molar-refractivity contribution >= 4 is 65.2 Å². The molecule has 16 rings (SSSR count). The first-order chi connectivity index (χ1) is 41.6. The molecule has 0 spiro atoms. The summed E-state index contributed by atoms with van der Waals surface area (Å²) in [7, 11) is 0. The van der Waals surface area contributed by atoms with Crippen LogP contribution in [-0.2, 0) is 0 Å². The summed E-state index contributed by atoms with van der Waals surface area (Å²) < 4.78 is 0. The molecular weight excluding hydrogens is 1030 g/mol. The lowest BCUT2D eigenvalue weighted by Gasteiger charge is -2.12. The Labute approximate surface area is 479 Å². The van der Waals surface area contributed by atoms with Gasteiger partial charge >= 0.3 is 0 Å². The first-order valence-electron chi connectivity index (χ1n) is 27.4. The van der Waals surface area contributed by atoms with Gasteiger partial charge in [-0.25, -0.2) is 64.8 Å².